The number of hydrogen-bond acceptors (Lipinski definition) is 2. The summed E-state index contributed by atoms with van der Waals surface area (Å²) in [6.45, 7) is 6.79. The van der Waals surface area contributed by atoms with Crippen molar-refractivity contribution in [1.29, 1.82) is 0 Å². The van der Waals surface area contributed by atoms with E-state index in [1.165, 1.54) is 62.9 Å². The largest absolute Gasteiger partial charge is 0.306 e. The summed E-state index contributed by atoms with van der Waals surface area (Å²) in [6, 6.07) is 54.6. The first-order valence-electron chi connectivity index (χ1n) is 21.6. The van der Waals surface area contributed by atoms with Crippen LogP contribution in [0.5, 0.6) is 0 Å². The number of fused-ring (bicyclic) bond motifs is 7. The highest BCUT2D eigenvalue weighted by Gasteiger charge is 2.46. The van der Waals surface area contributed by atoms with Gasteiger partial charge in [0, 0.05) is 34.8 Å². The van der Waals surface area contributed by atoms with Crippen LogP contribution in [0.4, 0.5) is 0 Å². The molecule has 0 bridgehead atoms. The van der Waals surface area contributed by atoms with Gasteiger partial charge in [-0.3, -0.25) is 0 Å². The second-order valence-electron chi connectivity index (χ2n) is 16.6. The summed E-state index contributed by atoms with van der Waals surface area (Å²) in [4.78, 5) is 15.9. The Morgan fingerprint density at radius 1 is 0.656 bits per heavy atom. The highest BCUT2D eigenvalue weighted by molar-refractivity contribution is 6.13. The Kier molecular flexibility index (Phi) is 9.15. The van der Waals surface area contributed by atoms with E-state index in [0.717, 1.165) is 70.7 Å². The van der Waals surface area contributed by atoms with Gasteiger partial charge in [-0.1, -0.05) is 140 Å². The number of pyridine rings is 1. The molecule has 2 aromatic heterocycles. The Bertz CT molecular complexity index is 3020. The summed E-state index contributed by atoms with van der Waals surface area (Å²) in [5.41, 5.74) is 20.1. The zero-order chi connectivity index (χ0) is 40.9. The number of rotatable bonds is 7. The van der Waals surface area contributed by atoms with Gasteiger partial charge in [0.1, 0.15) is 5.65 Å². The first-order valence-corrected chi connectivity index (χ1v) is 21.6. The quantitative estimate of drug-likeness (QED) is 0.117. The van der Waals surface area contributed by atoms with Crippen LogP contribution in [0, 0.1) is 0 Å². The number of hydrogen-bond donors (Lipinski definition) is 0. The third-order valence-corrected chi connectivity index (χ3v) is 13.1. The van der Waals surface area contributed by atoms with Crippen LogP contribution in [0.15, 0.2) is 187 Å². The van der Waals surface area contributed by atoms with E-state index in [-0.39, 0.29) is 0 Å². The lowest BCUT2D eigenvalue weighted by Gasteiger charge is -2.34. The molecule has 2 heterocycles. The second kappa shape index (κ2) is 15.1. The van der Waals surface area contributed by atoms with E-state index in [9.17, 15) is 0 Å². The molecule has 8 aromatic rings. The lowest BCUT2D eigenvalue weighted by atomic mass is 9.67. The molecule has 0 fully saturated rings. The highest BCUT2D eigenvalue weighted by Crippen LogP contribution is 2.57. The summed E-state index contributed by atoms with van der Waals surface area (Å²) in [6.07, 6.45) is 15.7. The van der Waals surface area contributed by atoms with Crippen LogP contribution in [0.2, 0.25) is 0 Å². The van der Waals surface area contributed by atoms with Crippen molar-refractivity contribution in [3.05, 3.63) is 238 Å². The topological polar surface area (TPSA) is 42.0 Å². The molecule has 4 heteroatoms. The third-order valence-electron chi connectivity index (χ3n) is 13.1. The lowest BCUT2D eigenvalue weighted by Crippen LogP contribution is -2.28. The standard InChI is InChI=1S/C57H46N4/c1-38(40-18-6-3-7-19-40)58-56(59-39(2)51-34-41-20-12-13-25-46(41)47-26-14-15-27-48(47)51)43-30-32-50-49-31-29-42(54-37-61-33-17-16-28-55(61)60-54)35-52(49)57(53(50)36-43,44-21-8-4-9-22-44)45-23-10-5-11-24-45/h3-11,15-19,21-24,27-37H,2,12-14,20,25-26H2,1H3. The Balaban J connectivity index is 1.14. The Hall–Kier alpha value is -7.17. The van der Waals surface area contributed by atoms with Gasteiger partial charge in [-0.2, -0.15) is 0 Å². The molecule has 294 valence electrons. The van der Waals surface area contributed by atoms with Gasteiger partial charge in [-0.15, -0.1) is 0 Å². The van der Waals surface area contributed by atoms with Crippen molar-refractivity contribution in [2.75, 3.05) is 0 Å². The van der Waals surface area contributed by atoms with Gasteiger partial charge < -0.3 is 4.40 Å². The van der Waals surface area contributed by atoms with Crippen molar-refractivity contribution in [3.8, 4) is 22.4 Å². The summed E-state index contributed by atoms with van der Waals surface area (Å²) >= 11 is 0. The van der Waals surface area contributed by atoms with Crippen LogP contribution in [-0.4, -0.2) is 20.9 Å². The summed E-state index contributed by atoms with van der Waals surface area (Å²) in [5.74, 6) is 0.650. The first-order chi connectivity index (χ1) is 30.1. The van der Waals surface area contributed by atoms with Crippen molar-refractivity contribution < 1.29 is 0 Å². The minimum Gasteiger partial charge on any atom is -0.306 e. The van der Waals surface area contributed by atoms with Crippen LogP contribution < -0.4 is 0 Å². The smallest absolute Gasteiger partial charge is 0.160 e. The van der Waals surface area contributed by atoms with Gasteiger partial charge in [-0.25, -0.2) is 15.0 Å². The Morgan fingerprint density at radius 2 is 1.34 bits per heavy atom. The molecule has 0 radical (unpaired) electrons. The predicted molar refractivity (Wildman–Crippen MR) is 253 cm³/mol. The van der Waals surface area contributed by atoms with E-state index < -0.39 is 5.41 Å². The minimum absolute atomic E-state index is 0.638. The number of nitrogens with zero attached hydrogens (tertiary/aromatic N) is 4. The van der Waals surface area contributed by atoms with Gasteiger partial charge in [-0.05, 0) is 137 Å². The van der Waals surface area contributed by atoms with E-state index in [1.54, 1.807) is 5.56 Å². The monoisotopic (exact) mass is 786 g/mol. The predicted octanol–water partition coefficient (Wildman–Crippen LogP) is 13.1. The van der Waals surface area contributed by atoms with E-state index in [0.29, 0.717) is 5.84 Å². The number of aryl methyl sites for hydroxylation is 1. The second-order valence-corrected chi connectivity index (χ2v) is 16.6. The fraction of sp³-hybridized carbons (Fsp3) is 0.140. The van der Waals surface area contributed by atoms with E-state index in [4.69, 9.17) is 21.5 Å². The van der Waals surface area contributed by atoms with Crippen molar-refractivity contribution >= 4 is 29.0 Å². The number of aromatic nitrogens is 2. The molecule has 0 aliphatic heterocycles. The summed E-state index contributed by atoms with van der Waals surface area (Å²) in [5, 5.41) is 0. The molecule has 0 unspecified atom stereocenters. The molecular weight excluding hydrogens is 741 g/mol. The van der Waals surface area contributed by atoms with Gasteiger partial charge >= 0.3 is 0 Å². The molecule has 0 saturated heterocycles. The molecule has 0 spiro atoms. The number of allylic oxidation sites excluding steroid dienone is 1. The van der Waals surface area contributed by atoms with Crippen LogP contribution in [0.1, 0.15) is 87.4 Å². The van der Waals surface area contributed by atoms with Crippen LogP contribution in [0.25, 0.3) is 39.8 Å². The van der Waals surface area contributed by atoms with Crippen LogP contribution in [0.3, 0.4) is 0 Å². The molecule has 3 aliphatic carbocycles. The molecular formula is C57H46N4. The van der Waals surface area contributed by atoms with Crippen molar-refractivity contribution in [1.82, 2.24) is 9.38 Å². The summed E-state index contributed by atoms with van der Waals surface area (Å²) in [7, 11) is 0. The van der Waals surface area contributed by atoms with Gasteiger partial charge in [0.25, 0.3) is 0 Å². The molecule has 0 amide bonds. The first kappa shape index (κ1) is 36.9. The molecule has 11 rings (SSSR count). The summed E-state index contributed by atoms with van der Waals surface area (Å²) < 4.78 is 2.09. The van der Waals surface area contributed by atoms with E-state index in [1.807, 2.05) is 18.2 Å². The Morgan fingerprint density at radius 3 is 2.10 bits per heavy atom. The molecule has 3 aliphatic rings. The fourth-order valence-corrected chi connectivity index (χ4v) is 10.3. The SMILES string of the molecule is C=C(N=C(N=C(C)c1ccccc1)c1ccc2c(c1)C(c1ccccc1)(c1ccccc1)c1cc(-c3cn4ccccc4n3)ccc1-2)c1cc2c(c3c1C=CCC3)CCCC2. The highest BCUT2D eigenvalue weighted by atomic mass is 15.0. The molecule has 0 N–H and O–H groups in total. The van der Waals surface area contributed by atoms with Crippen LogP contribution in [-0.2, 0) is 24.7 Å². The molecule has 6 aromatic carbocycles. The molecule has 4 nitrogen and oxygen atoms in total. The van der Waals surface area contributed by atoms with Crippen molar-refractivity contribution in [3.63, 3.8) is 0 Å². The maximum absolute atomic E-state index is 5.47. The third kappa shape index (κ3) is 6.25. The van der Waals surface area contributed by atoms with Gasteiger partial charge in [0.15, 0.2) is 5.84 Å². The molecule has 61 heavy (non-hydrogen) atoms. The van der Waals surface area contributed by atoms with Gasteiger partial charge in [0.2, 0.25) is 0 Å². The minimum atomic E-state index is -0.638. The number of aliphatic imine (C=N–C) groups is 2. The van der Waals surface area contributed by atoms with E-state index in [2.05, 4.69) is 169 Å². The van der Waals surface area contributed by atoms with Crippen LogP contribution >= 0.6 is 0 Å². The normalized spacial score (nSPS) is 15.2. The van der Waals surface area contributed by atoms with Crippen molar-refractivity contribution in [2.24, 2.45) is 9.98 Å². The average Bonchev–Trinajstić information content (AvgIpc) is 3.89. The lowest BCUT2D eigenvalue weighted by molar-refractivity contribution is 0.676. The van der Waals surface area contributed by atoms with E-state index >= 15 is 0 Å². The van der Waals surface area contributed by atoms with Gasteiger partial charge in [0.05, 0.1) is 16.8 Å². The number of imidazole rings is 1. The number of amidine groups is 1. The maximum Gasteiger partial charge on any atom is 0.160 e. The molecule has 0 atom stereocenters. The zero-order valence-corrected chi connectivity index (χ0v) is 34.5. The zero-order valence-electron chi connectivity index (χ0n) is 34.5. The Labute approximate surface area is 358 Å². The maximum atomic E-state index is 5.47. The molecule has 0 saturated carbocycles. The number of benzene rings is 6. The fourth-order valence-electron chi connectivity index (χ4n) is 10.3. The average molecular weight is 787 g/mol. The van der Waals surface area contributed by atoms with Crippen molar-refractivity contribution in [2.45, 2.75) is 50.9 Å².